The van der Waals surface area contributed by atoms with E-state index in [2.05, 4.69) is 5.32 Å². The van der Waals surface area contributed by atoms with Crippen LogP contribution in [-0.4, -0.2) is 24.0 Å². The van der Waals surface area contributed by atoms with Crippen LogP contribution in [0.2, 0.25) is 0 Å². The van der Waals surface area contributed by atoms with E-state index in [-0.39, 0.29) is 17.1 Å². The Labute approximate surface area is 110 Å². The lowest BCUT2D eigenvalue weighted by Gasteiger charge is -2.30. The highest BCUT2D eigenvalue weighted by atomic mass is 16.6. The lowest BCUT2D eigenvalue weighted by molar-refractivity contribution is -0.125. The Bertz CT molecular complexity index is 297. The lowest BCUT2D eigenvalue weighted by atomic mass is 9.77. The first-order chi connectivity index (χ1) is 7.97. The summed E-state index contributed by atoms with van der Waals surface area (Å²) in [6.45, 7) is 13.6. The highest BCUT2D eigenvalue weighted by Crippen LogP contribution is 2.27. The summed E-state index contributed by atoms with van der Waals surface area (Å²) in [6.07, 6.45) is 0.0124. The predicted octanol–water partition coefficient (Wildman–Crippen LogP) is 3.15. The molecule has 4 nitrogen and oxygen atoms in total. The maximum absolute atomic E-state index is 11.9. The number of ketones is 1. The molecule has 0 bridgehead atoms. The molecular weight excluding hydrogens is 230 g/mol. The van der Waals surface area contributed by atoms with E-state index in [0.29, 0.717) is 13.0 Å². The zero-order valence-electron chi connectivity index (χ0n) is 12.7. The van der Waals surface area contributed by atoms with Crippen LogP contribution in [0.1, 0.15) is 54.9 Å². The normalized spacial score (nSPS) is 13.9. The average molecular weight is 257 g/mol. The highest BCUT2D eigenvalue weighted by Gasteiger charge is 2.30. The van der Waals surface area contributed by atoms with E-state index < -0.39 is 11.7 Å². The van der Waals surface area contributed by atoms with Crippen molar-refractivity contribution in [1.29, 1.82) is 0 Å². The van der Waals surface area contributed by atoms with E-state index in [1.807, 2.05) is 48.5 Å². The van der Waals surface area contributed by atoms with Crippen LogP contribution in [0.25, 0.3) is 0 Å². The van der Waals surface area contributed by atoms with Crippen LogP contribution in [0.3, 0.4) is 0 Å². The molecule has 0 saturated carbocycles. The van der Waals surface area contributed by atoms with Gasteiger partial charge in [0.05, 0.1) is 0 Å². The van der Waals surface area contributed by atoms with Gasteiger partial charge in [0.1, 0.15) is 11.4 Å². The second kappa shape index (κ2) is 6.21. The minimum Gasteiger partial charge on any atom is -0.444 e. The molecule has 0 saturated heterocycles. The van der Waals surface area contributed by atoms with Crippen LogP contribution in [0.5, 0.6) is 0 Å². The fourth-order valence-electron chi connectivity index (χ4n) is 1.65. The van der Waals surface area contributed by atoms with Gasteiger partial charge in [-0.05, 0) is 26.2 Å². The topological polar surface area (TPSA) is 55.4 Å². The number of Topliss-reactive ketones (excluding diaryl/α,β-unsaturated/α-hetero) is 1. The van der Waals surface area contributed by atoms with Crippen molar-refractivity contribution >= 4 is 11.9 Å². The molecule has 18 heavy (non-hydrogen) atoms. The van der Waals surface area contributed by atoms with Gasteiger partial charge in [0.2, 0.25) is 0 Å². The maximum atomic E-state index is 11.9. The first kappa shape index (κ1) is 16.9. The molecule has 0 aliphatic rings. The SMILES string of the molecule is CCC(=O)[C@@H](CNC(=O)OC(C)(C)C)C(C)(C)C. The summed E-state index contributed by atoms with van der Waals surface area (Å²) in [5.74, 6) is -0.0198. The van der Waals surface area contributed by atoms with Gasteiger partial charge in [-0.1, -0.05) is 27.7 Å². The monoisotopic (exact) mass is 257 g/mol. The lowest BCUT2D eigenvalue weighted by Crippen LogP contribution is -2.41. The number of ether oxygens (including phenoxy) is 1. The summed E-state index contributed by atoms with van der Waals surface area (Å²) in [5.41, 5.74) is -0.682. The smallest absolute Gasteiger partial charge is 0.407 e. The molecule has 1 atom stereocenters. The van der Waals surface area contributed by atoms with Crippen molar-refractivity contribution in [3.63, 3.8) is 0 Å². The van der Waals surface area contributed by atoms with Crippen LogP contribution in [-0.2, 0) is 9.53 Å². The number of rotatable bonds is 4. The fourth-order valence-corrected chi connectivity index (χ4v) is 1.65. The standard InChI is InChI=1S/C14H27NO3/c1-8-11(16)10(13(2,3)4)9-15-12(17)18-14(5,6)7/h10H,8-9H2,1-7H3,(H,15,17)/t10-/m1/s1. The third-order valence-electron chi connectivity index (χ3n) is 2.63. The maximum Gasteiger partial charge on any atom is 0.407 e. The second-order valence-electron chi connectivity index (χ2n) is 6.62. The van der Waals surface area contributed by atoms with E-state index in [1.54, 1.807) is 0 Å². The molecule has 0 aromatic heterocycles. The van der Waals surface area contributed by atoms with Gasteiger partial charge in [-0.2, -0.15) is 0 Å². The zero-order chi connectivity index (χ0) is 14.6. The molecule has 0 unspecified atom stereocenters. The van der Waals surface area contributed by atoms with Crippen LogP contribution >= 0.6 is 0 Å². The van der Waals surface area contributed by atoms with Crippen molar-refractivity contribution in [2.24, 2.45) is 11.3 Å². The van der Waals surface area contributed by atoms with Gasteiger partial charge >= 0.3 is 6.09 Å². The molecular formula is C14H27NO3. The molecule has 1 amide bonds. The predicted molar refractivity (Wildman–Crippen MR) is 72.5 cm³/mol. The Morgan fingerprint density at radius 2 is 1.61 bits per heavy atom. The van der Waals surface area contributed by atoms with Gasteiger partial charge < -0.3 is 10.1 Å². The number of amides is 1. The summed E-state index contributed by atoms with van der Waals surface area (Å²) < 4.78 is 5.15. The summed E-state index contributed by atoms with van der Waals surface area (Å²) in [6, 6.07) is 0. The van der Waals surface area contributed by atoms with Crippen molar-refractivity contribution in [2.75, 3.05) is 6.54 Å². The molecule has 0 aromatic carbocycles. The molecule has 0 radical (unpaired) electrons. The molecule has 1 N–H and O–H groups in total. The average Bonchev–Trinajstić information content (AvgIpc) is 2.12. The third kappa shape index (κ3) is 6.62. The fraction of sp³-hybridized carbons (Fsp3) is 0.857. The van der Waals surface area contributed by atoms with E-state index in [4.69, 9.17) is 4.74 Å². The summed E-state index contributed by atoms with van der Waals surface area (Å²) >= 11 is 0. The third-order valence-corrected chi connectivity index (χ3v) is 2.63. The van der Waals surface area contributed by atoms with Crippen LogP contribution in [0.4, 0.5) is 4.79 Å². The molecule has 0 fully saturated rings. The van der Waals surface area contributed by atoms with Crippen molar-refractivity contribution < 1.29 is 14.3 Å². The van der Waals surface area contributed by atoms with Crippen molar-refractivity contribution in [3.05, 3.63) is 0 Å². The minimum atomic E-state index is -0.518. The molecule has 106 valence electrons. The van der Waals surface area contributed by atoms with Crippen molar-refractivity contribution in [1.82, 2.24) is 5.32 Å². The number of hydrogen-bond acceptors (Lipinski definition) is 3. The van der Waals surface area contributed by atoms with Crippen LogP contribution in [0.15, 0.2) is 0 Å². The van der Waals surface area contributed by atoms with Gasteiger partial charge in [0, 0.05) is 18.9 Å². The van der Waals surface area contributed by atoms with Gasteiger partial charge in [0.25, 0.3) is 0 Å². The summed E-state index contributed by atoms with van der Waals surface area (Å²) in [4.78, 5) is 23.4. The van der Waals surface area contributed by atoms with Gasteiger partial charge in [0.15, 0.2) is 0 Å². The molecule has 0 rings (SSSR count). The highest BCUT2D eigenvalue weighted by molar-refractivity contribution is 5.82. The molecule has 0 spiro atoms. The van der Waals surface area contributed by atoms with Gasteiger partial charge in [-0.25, -0.2) is 4.79 Å². The molecule has 0 heterocycles. The van der Waals surface area contributed by atoms with Crippen LogP contribution in [0, 0.1) is 11.3 Å². The minimum absolute atomic E-state index is 0.165. The zero-order valence-corrected chi connectivity index (χ0v) is 12.7. The Morgan fingerprint density at radius 3 is 1.94 bits per heavy atom. The number of nitrogens with one attached hydrogen (secondary N) is 1. The number of carbonyl (C=O) groups excluding carboxylic acids is 2. The van der Waals surface area contributed by atoms with Gasteiger partial charge in [-0.15, -0.1) is 0 Å². The number of alkyl carbamates (subject to hydrolysis) is 1. The van der Waals surface area contributed by atoms with Crippen molar-refractivity contribution in [2.45, 2.75) is 60.5 Å². The molecule has 0 aliphatic carbocycles. The number of carbonyl (C=O) groups is 2. The second-order valence-corrected chi connectivity index (χ2v) is 6.62. The first-order valence-corrected chi connectivity index (χ1v) is 6.47. The Hall–Kier alpha value is -1.06. The quantitative estimate of drug-likeness (QED) is 0.841. The number of hydrogen-bond donors (Lipinski definition) is 1. The first-order valence-electron chi connectivity index (χ1n) is 6.47. The Kier molecular flexibility index (Phi) is 5.84. The van der Waals surface area contributed by atoms with E-state index in [9.17, 15) is 9.59 Å². The Morgan fingerprint density at radius 1 is 1.11 bits per heavy atom. The summed E-state index contributed by atoms with van der Waals surface area (Å²) in [7, 11) is 0. The van der Waals surface area contributed by atoms with E-state index in [0.717, 1.165) is 0 Å². The van der Waals surface area contributed by atoms with E-state index >= 15 is 0 Å². The summed E-state index contributed by atoms with van der Waals surface area (Å²) in [5, 5.41) is 2.68. The molecule has 4 heteroatoms. The van der Waals surface area contributed by atoms with Crippen molar-refractivity contribution in [3.8, 4) is 0 Å². The molecule has 0 aromatic rings. The largest absolute Gasteiger partial charge is 0.444 e. The van der Waals surface area contributed by atoms with Gasteiger partial charge in [-0.3, -0.25) is 4.79 Å². The molecule has 0 aliphatic heterocycles. The Balaban J connectivity index is 4.46. The van der Waals surface area contributed by atoms with Crippen LogP contribution < -0.4 is 5.32 Å². The van der Waals surface area contributed by atoms with E-state index in [1.165, 1.54) is 0 Å².